The van der Waals surface area contributed by atoms with Crippen molar-refractivity contribution in [1.82, 2.24) is 14.9 Å². The van der Waals surface area contributed by atoms with E-state index in [0.717, 1.165) is 74.8 Å². The van der Waals surface area contributed by atoms with Crippen LogP contribution >= 0.6 is 11.6 Å². The van der Waals surface area contributed by atoms with Crippen LogP contribution in [-0.2, 0) is 12.8 Å². The van der Waals surface area contributed by atoms with Crippen LogP contribution in [0, 0.1) is 12.7 Å². The zero-order valence-corrected chi connectivity index (χ0v) is 19.6. The number of unbranched alkanes of at least 4 members (excludes halogenated alkanes) is 1. The number of rotatable bonds is 9. The van der Waals surface area contributed by atoms with E-state index in [1.165, 1.54) is 6.07 Å². The highest BCUT2D eigenvalue weighted by atomic mass is 35.5. The summed E-state index contributed by atoms with van der Waals surface area (Å²) in [6.45, 7) is 10.2. The average Bonchev–Trinajstić information content (AvgIpc) is 2.76. The van der Waals surface area contributed by atoms with Gasteiger partial charge in [-0.2, -0.15) is 0 Å². The third kappa shape index (κ3) is 6.15. The van der Waals surface area contributed by atoms with Gasteiger partial charge in [-0.15, -0.1) is 0 Å². The molecule has 1 fully saturated rings. The maximum atomic E-state index is 14.5. The van der Waals surface area contributed by atoms with Crippen molar-refractivity contribution in [3.05, 3.63) is 51.7 Å². The molecule has 0 spiro atoms. The van der Waals surface area contributed by atoms with Crippen molar-refractivity contribution in [2.75, 3.05) is 37.6 Å². The third-order valence-electron chi connectivity index (χ3n) is 5.96. The van der Waals surface area contributed by atoms with Gasteiger partial charge in [-0.1, -0.05) is 44.4 Å². The summed E-state index contributed by atoms with van der Waals surface area (Å²) in [5, 5.41) is 10.7. The number of hydrogen-bond acceptors (Lipinski definition) is 5. The van der Waals surface area contributed by atoms with E-state index >= 15 is 0 Å². The summed E-state index contributed by atoms with van der Waals surface area (Å²) in [4.78, 5) is 14.0. The predicted octanol–water partition coefficient (Wildman–Crippen LogP) is 4.40. The second-order valence-corrected chi connectivity index (χ2v) is 8.74. The monoisotopic (exact) mass is 448 g/mol. The number of β-amino-alcohol motifs (C(OH)–C–C–N with tert-alkyl or cyclic N) is 1. The van der Waals surface area contributed by atoms with Crippen molar-refractivity contribution in [3.63, 3.8) is 0 Å². The minimum absolute atomic E-state index is 0.266. The number of nitrogens with zero attached hydrogens (tertiary/aromatic N) is 4. The van der Waals surface area contributed by atoms with Crippen molar-refractivity contribution in [1.29, 1.82) is 0 Å². The highest BCUT2D eigenvalue weighted by Crippen LogP contribution is 2.29. The molecule has 7 heteroatoms. The van der Waals surface area contributed by atoms with E-state index in [2.05, 4.69) is 28.6 Å². The van der Waals surface area contributed by atoms with Gasteiger partial charge in [-0.05, 0) is 31.9 Å². The highest BCUT2D eigenvalue weighted by molar-refractivity contribution is 6.31. The molecule has 1 aromatic carbocycles. The summed E-state index contributed by atoms with van der Waals surface area (Å²) in [6, 6.07) is 4.80. The van der Waals surface area contributed by atoms with Gasteiger partial charge in [0.05, 0.1) is 6.10 Å². The molecule has 2 aromatic rings. The Bertz CT molecular complexity index is 851. The molecule has 170 valence electrons. The number of aryl methyl sites for hydroxylation is 2. The van der Waals surface area contributed by atoms with Crippen molar-refractivity contribution >= 4 is 17.4 Å². The van der Waals surface area contributed by atoms with E-state index in [-0.39, 0.29) is 11.9 Å². The molecule has 1 aliphatic heterocycles. The Morgan fingerprint density at radius 3 is 2.52 bits per heavy atom. The zero-order valence-electron chi connectivity index (χ0n) is 18.9. The first kappa shape index (κ1) is 23.9. The predicted molar refractivity (Wildman–Crippen MR) is 125 cm³/mol. The molecule has 1 aromatic heterocycles. The third-order valence-corrected chi connectivity index (χ3v) is 6.32. The van der Waals surface area contributed by atoms with Crippen LogP contribution in [0.4, 0.5) is 10.2 Å². The smallest absolute Gasteiger partial charge is 0.136 e. The summed E-state index contributed by atoms with van der Waals surface area (Å²) in [6.07, 6.45) is 3.88. The largest absolute Gasteiger partial charge is 0.392 e. The van der Waals surface area contributed by atoms with Gasteiger partial charge in [0.15, 0.2) is 0 Å². The van der Waals surface area contributed by atoms with Crippen molar-refractivity contribution in [3.8, 4) is 0 Å². The van der Waals surface area contributed by atoms with Crippen LogP contribution in [0.5, 0.6) is 0 Å². The molecule has 1 aliphatic rings. The van der Waals surface area contributed by atoms with Gasteiger partial charge in [0.1, 0.15) is 17.5 Å². The van der Waals surface area contributed by atoms with E-state index in [1.54, 1.807) is 12.1 Å². The maximum absolute atomic E-state index is 14.5. The second-order valence-electron chi connectivity index (χ2n) is 8.33. The SMILES string of the molecule is CCCC[C@H](O)CN1CCN(c2nc(C)nc(CC)c2Cc2c(F)cccc2Cl)CC1. The fraction of sp³-hybridized carbons (Fsp3) is 0.583. The molecule has 3 rings (SSSR count). The molecule has 0 radical (unpaired) electrons. The number of benzene rings is 1. The Labute approximate surface area is 190 Å². The molecule has 1 N–H and O–H groups in total. The summed E-state index contributed by atoms with van der Waals surface area (Å²) >= 11 is 6.32. The topological polar surface area (TPSA) is 52.5 Å². The Kier molecular flexibility index (Phi) is 8.64. The van der Waals surface area contributed by atoms with Gasteiger partial charge in [0.25, 0.3) is 0 Å². The van der Waals surface area contributed by atoms with E-state index in [0.29, 0.717) is 23.6 Å². The van der Waals surface area contributed by atoms with Crippen molar-refractivity contribution < 1.29 is 9.50 Å². The summed E-state index contributed by atoms with van der Waals surface area (Å²) in [5.74, 6) is 1.31. The number of aliphatic hydroxyl groups excluding tert-OH is 1. The number of aliphatic hydroxyl groups is 1. The maximum Gasteiger partial charge on any atom is 0.136 e. The van der Waals surface area contributed by atoms with Crippen molar-refractivity contribution in [2.24, 2.45) is 0 Å². The molecule has 0 saturated carbocycles. The summed E-state index contributed by atoms with van der Waals surface area (Å²) in [5.41, 5.74) is 2.39. The van der Waals surface area contributed by atoms with Gasteiger partial charge >= 0.3 is 0 Å². The summed E-state index contributed by atoms with van der Waals surface area (Å²) < 4.78 is 14.5. The number of hydrogen-bond donors (Lipinski definition) is 1. The minimum atomic E-state index is -0.299. The molecule has 0 unspecified atom stereocenters. The van der Waals surface area contributed by atoms with Gasteiger partial charge < -0.3 is 10.0 Å². The molecule has 0 bridgehead atoms. The molecule has 5 nitrogen and oxygen atoms in total. The minimum Gasteiger partial charge on any atom is -0.392 e. The van der Waals surface area contributed by atoms with E-state index in [1.807, 2.05) is 6.92 Å². The number of piperazine rings is 1. The first-order valence-electron chi connectivity index (χ1n) is 11.4. The lowest BCUT2D eigenvalue weighted by molar-refractivity contribution is 0.100. The van der Waals surface area contributed by atoms with E-state index in [9.17, 15) is 9.50 Å². The first-order valence-corrected chi connectivity index (χ1v) is 11.7. The lowest BCUT2D eigenvalue weighted by Gasteiger charge is -2.37. The highest BCUT2D eigenvalue weighted by Gasteiger charge is 2.25. The van der Waals surface area contributed by atoms with Gasteiger partial charge in [-0.3, -0.25) is 4.90 Å². The fourth-order valence-corrected chi connectivity index (χ4v) is 4.45. The van der Waals surface area contributed by atoms with E-state index in [4.69, 9.17) is 16.6 Å². The number of halogens is 2. The van der Waals surface area contributed by atoms with Crippen LogP contribution in [0.2, 0.25) is 5.02 Å². The van der Waals surface area contributed by atoms with Crippen LogP contribution in [0.3, 0.4) is 0 Å². The fourth-order valence-electron chi connectivity index (χ4n) is 4.22. The molecular weight excluding hydrogens is 415 g/mol. The van der Waals surface area contributed by atoms with Crippen LogP contribution < -0.4 is 4.90 Å². The zero-order chi connectivity index (χ0) is 22.4. The lowest BCUT2D eigenvalue weighted by Crippen LogP contribution is -2.49. The lowest BCUT2D eigenvalue weighted by atomic mass is 10.0. The molecule has 31 heavy (non-hydrogen) atoms. The molecular formula is C24H34ClFN4O. The molecule has 1 atom stereocenters. The Morgan fingerprint density at radius 1 is 1.13 bits per heavy atom. The van der Waals surface area contributed by atoms with Crippen molar-refractivity contribution in [2.45, 2.75) is 59.0 Å². The van der Waals surface area contributed by atoms with Gasteiger partial charge in [-0.25, -0.2) is 14.4 Å². The van der Waals surface area contributed by atoms with Gasteiger partial charge in [0, 0.05) is 61.0 Å². The number of anilines is 1. The number of aromatic nitrogens is 2. The molecule has 0 amide bonds. The quantitative estimate of drug-likeness (QED) is 0.616. The first-order chi connectivity index (χ1) is 14.9. The summed E-state index contributed by atoms with van der Waals surface area (Å²) in [7, 11) is 0. The molecule has 2 heterocycles. The Morgan fingerprint density at radius 2 is 1.87 bits per heavy atom. The molecule has 0 aliphatic carbocycles. The van der Waals surface area contributed by atoms with Crippen LogP contribution in [0.1, 0.15) is 55.8 Å². The second kappa shape index (κ2) is 11.2. The molecule has 1 saturated heterocycles. The Hall–Kier alpha value is -1.76. The average molecular weight is 449 g/mol. The van der Waals surface area contributed by atoms with E-state index < -0.39 is 0 Å². The van der Waals surface area contributed by atoms with Crippen LogP contribution in [0.25, 0.3) is 0 Å². The standard InChI is InChI=1S/C24H34ClFN4O/c1-4-6-8-18(31)16-29-11-13-30(14-12-29)24-20(23(5-2)27-17(3)28-24)15-19-21(25)9-7-10-22(19)26/h7,9-10,18,31H,4-6,8,11-16H2,1-3H3/t18-/m0/s1. The van der Waals surface area contributed by atoms with Crippen LogP contribution in [0.15, 0.2) is 18.2 Å². The normalized spacial score (nSPS) is 16.0. The Balaban J connectivity index is 1.79. The van der Waals surface area contributed by atoms with Crippen LogP contribution in [-0.4, -0.2) is 58.8 Å². The van der Waals surface area contributed by atoms with Gasteiger partial charge in [0.2, 0.25) is 0 Å².